The van der Waals surface area contributed by atoms with Gasteiger partial charge in [-0.3, -0.25) is 9.78 Å². The van der Waals surface area contributed by atoms with Crippen LogP contribution in [-0.2, 0) is 11.2 Å². The van der Waals surface area contributed by atoms with E-state index in [0.717, 1.165) is 12.8 Å². The summed E-state index contributed by atoms with van der Waals surface area (Å²) in [6.07, 6.45) is 3.00. The molecule has 110 valence electrons. The number of carbonyl (C=O) groups is 2. The second-order valence-corrected chi connectivity index (χ2v) is 4.96. The molecular formula is C14H21N3O3. The number of urea groups is 1. The number of nitrogens with one attached hydrogen (secondary N) is 2. The van der Waals surface area contributed by atoms with Gasteiger partial charge in [0.15, 0.2) is 0 Å². The average Bonchev–Trinajstić information content (AvgIpc) is 2.40. The van der Waals surface area contributed by atoms with Crippen LogP contribution in [0.1, 0.15) is 39.3 Å². The van der Waals surface area contributed by atoms with Crippen LogP contribution in [0.4, 0.5) is 10.5 Å². The van der Waals surface area contributed by atoms with Gasteiger partial charge in [0.05, 0.1) is 24.0 Å². The number of rotatable bonds is 6. The van der Waals surface area contributed by atoms with Crippen molar-refractivity contribution in [1.29, 1.82) is 0 Å². The third-order valence-corrected chi connectivity index (χ3v) is 3.39. The summed E-state index contributed by atoms with van der Waals surface area (Å²) in [5, 5.41) is 14.2. The van der Waals surface area contributed by atoms with E-state index < -0.39 is 5.97 Å². The molecule has 1 aromatic heterocycles. The predicted octanol–water partition coefficient (Wildman–Crippen LogP) is 2.41. The van der Waals surface area contributed by atoms with Crippen LogP contribution in [0.5, 0.6) is 0 Å². The lowest BCUT2D eigenvalue weighted by molar-refractivity contribution is -0.136. The maximum absolute atomic E-state index is 11.9. The zero-order valence-corrected chi connectivity index (χ0v) is 12.1. The Kier molecular flexibility index (Phi) is 5.49. The molecule has 20 heavy (non-hydrogen) atoms. The summed E-state index contributed by atoms with van der Waals surface area (Å²) in [4.78, 5) is 26.4. The zero-order chi connectivity index (χ0) is 15.2. The van der Waals surface area contributed by atoms with Crippen LogP contribution in [0.25, 0.3) is 0 Å². The van der Waals surface area contributed by atoms with Gasteiger partial charge in [-0.1, -0.05) is 13.8 Å². The van der Waals surface area contributed by atoms with Crippen molar-refractivity contribution in [2.24, 2.45) is 0 Å². The van der Waals surface area contributed by atoms with E-state index in [1.54, 1.807) is 12.1 Å². The number of carboxylic acid groups (broad SMARTS) is 1. The highest BCUT2D eigenvalue weighted by Crippen LogP contribution is 2.14. The van der Waals surface area contributed by atoms with Crippen molar-refractivity contribution in [1.82, 2.24) is 10.3 Å². The standard InChI is InChI=1S/C14H21N3O3/c1-4-14(3,5-2)17-13(20)16-11-7-6-10(15-9-11)8-12(18)19/h6-7,9H,4-5,8H2,1-3H3,(H,18,19)(H2,16,17,20). The molecule has 0 radical (unpaired) electrons. The van der Waals surface area contributed by atoms with Crippen LogP contribution < -0.4 is 10.6 Å². The topological polar surface area (TPSA) is 91.3 Å². The highest BCUT2D eigenvalue weighted by atomic mass is 16.4. The fourth-order valence-corrected chi connectivity index (χ4v) is 1.62. The zero-order valence-electron chi connectivity index (χ0n) is 12.1. The number of aliphatic carboxylic acids is 1. The third-order valence-electron chi connectivity index (χ3n) is 3.39. The van der Waals surface area contributed by atoms with Gasteiger partial charge in [-0.15, -0.1) is 0 Å². The third kappa shape index (κ3) is 4.87. The molecule has 3 N–H and O–H groups in total. The number of hydrogen-bond acceptors (Lipinski definition) is 3. The Balaban J connectivity index is 2.60. The Morgan fingerprint density at radius 2 is 1.95 bits per heavy atom. The van der Waals surface area contributed by atoms with Crippen LogP contribution in [0.2, 0.25) is 0 Å². The van der Waals surface area contributed by atoms with Gasteiger partial charge < -0.3 is 15.7 Å². The smallest absolute Gasteiger partial charge is 0.319 e. The van der Waals surface area contributed by atoms with Gasteiger partial charge in [-0.25, -0.2) is 4.79 Å². The molecule has 0 fully saturated rings. The van der Waals surface area contributed by atoms with E-state index in [1.165, 1.54) is 6.20 Å². The lowest BCUT2D eigenvalue weighted by Gasteiger charge is -2.28. The van der Waals surface area contributed by atoms with E-state index in [2.05, 4.69) is 15.6 Å². The van der Waals surface area contributed by atoms with Crippen molar-refractivity contribution in [2.75, 3.05) is 5.32 Å². The van der Waals surface area contributed by atoms with Crippen LogP contribution in [0, 0.1) is 0 Å². The molecule has 0 unspecified atom stereocenters. The second kappa shape index (κ2) is 6.88. The number of aromatic nitrogens is 1. The van der Waals surface area contributed by atoms with Crippen molar-refractivity contribution < 1.29 is 14.7 Å². The first kappa shape index (κ1) is 15.9. The van der Waals surface area contributed by atoms with Gasteiger partial charge in [-0.05, 0) is 31.9 Å². The predicted molar refractivity (Wildman–Crippen MR) is 76.7 cm³/mol. The molecule has 0 aliphatic rings. The Labute approximate surface area is 118 Å². The van der Waals surface area contributed by atoms with Gasteiger partial charge in [0, 0.05) is 5.54 Å². The molecule has 0 saturated heterocycles. The summed E-state index contributed by atoms with van der Waals surface area (Å²) in [5.41, 5.74) is 0.752. The summed E-state index contributed by atoms with van der Waals surface area (Å²) in [5.74, 6) is -0.933. The molecule has 1 aromatic rings. The normalized spacial score (nSPS) is 10.9. The Morgan fingerprint density at radius 1 is 1.30 bits per heavy atom. The Hall–Kier alpha value is -2.11. The van der Waals surface area contributed by atoms with Crippen molar-refractivity contribution in [2.45, 2.75) is 45.6 Å². The monoisotopic (exact) mass is 279 g/mol. The quantitative estimate of drug-likeness (QED) is 0.745. The van der Waals surface area contributed by atoms with E-state index in [1.807, 2.05) is 20.8 Å². The molecule has 0 saturated carbocycles. The molecule has 0 aromatic carbocycles. The van der Waals surface area contributed by atoms with Crippen LogP contribution in [0.15, 0.2) is 18.3 Å². The van der Waals surface area contributed by atoms with Crippen LogP contribution in [0.3, 0.4) is 0 Å². The lowest BCUT2D eigenvalue weighted by atomic mass is 9.96. The minimum absolute atomic E-state index is 0.129. The molecule has 0 bridgehead atoms. The largest absolute Gasteiger partial charge is 0.481 e. The Bertz CT molecular complexity index is 467. The molecule has 6 nitrogen and oxygen atoms in total. The van der Waals surface area contributed by atoms with Gasteiger partial charge in [0.1, 0.15) is 0 Å². The number of nitrogens with zero attached hydrogens (tertiary/aromatic N) is 1. The van der Waals surface area contributed by atoms with Gasteiger partial charge >= 0.3 is 12.0 Å². The van der Waals surface area contributed by atoms with Crippen molar-refractivity contribution in [3.05, 3.63) is 24.0 Å². The number of carbonyl (C=O) groups excluding carboxylic acids is 1. The highest BCUT2D eigenvalue weighted by Gasteiger charge is 2.21. The number of amides is 2. The van der Waals surface area contributed by atoms with Crippen LogP contribution >= 0.6 is 0 Å². The first-order chi connectivity index (χ1) is 9.38. The Morgan fingerprint density at radius 3 is 2.40 bits per heavy atom. The molecule has 0 spiro atoms. The van der Waals surface area contributed by atoms with Crippen molar-refractivity contribution in [3.8, 4) is 0 Å². The van der Waals surface area contributed by atoms with E-state index in [9.17, 15) is 9.59 Å². The first-order valence-corrected chi connectivity index (χ1v) is 6.64. The second-order valence-electron chi connectivity index (χ2n) is 4.96. The lowest BCUT2D eigenvalue weighted by Crippen LogP contribution is -2.46. The SMILES string of the molecule is CCC(C)(CC)NC(=O)Nc1ccc(CC(=O)O)nc1. The summed E-state index contributed by atoms with van der Waals surface area (Å²) >= 11 is 0. The first-order valence-electron chi connectivity index (χ1n) is 6.64. The molecule has 0 aliphatic heterocycles. The molecule has 6 heteroatoms. The van der Waals surface area contributed by atoms with Crippen molar-refractivity contribution in [3.63, 3.8) is 0 Å². The fourth-order valence-electron chi connectivity index (χ4n) is 1.62. The summed E-state index contributed by atoms with van der Waals surface area (Å²) < 4.78 is 0. The minimum Gasteiger partial charge on any atom is -0.481 e. The molecule has 0 atom stereocenters. The number of carboxylic acids is 1. The van der Waals surface area contributed by atoms with Crippen LogP contribution in [-0.4, -0.2) is 27.6 Å². The fraction of sp³-hybridized carbons (Fsp3) is 0.500. The molecule has 1 heterocycles. The average molecular weight is 279 g/mol. The maximum Gasteiger partial charge on any atom is 0.319 e. The van der Waals surface area contributed by atoms with E-state index in [4.69, 9.17) is 5.11 Å². The molecule has 2 amide bonds. The highest BCUT2D eigenvalue weighted by molar-refractivity contribution is 5.89. The van der Waals surface area contributed by atoms with Gasteiger partial charge in [-0.2, -0.15) is 0 Å². The number of hydrogen-bond donors (Lipinski definition) is 3. The van der Waals surface area contributed by atoms with Gasteiger partial charge in [0.25, 0.3) is 0 Å². The summed E-state index contributed by atoms with van der Waals surface area (Å²) in [7, 11) is 0. The van der Waals surface area contributed by atoms with Crippen molar-refractivity contribution >= 4 is 17.7 Å². The minimum atomic E-state index is -0.933. The van der Waals surface area contributed by atoms with E-state index in [-0.39, 0.29) is 18.0 Å². The summed E-state index contributed by atoms with van der Waals surface area (Å²) in [6.45, 7) is 6.03. The van der Waals surface area contributed by atoms with E-state index >= 15 is 0 Å². The number of anilines is 1. The number of pyridine rings is 1. The molecular weight excluding hydrogens is 258 g/mol. The molecule has 0 aliphatic carbocycles. The maximum atomic E-state index is 11.9. The van der Waals surface area contributed by atoms with E-state index in [0.29, 0.717) is 11.4 Å². The molecule has 1 rings (SSSR count). The summed E-state index contributed by atoms with van der Waals surface area (Å²) in [6, 6.07) is 2.94. The van der Waals surface area contributed by atoms with Gasteiger partial charge in [0.2, 0.25) is 0 Å².